The van der Waals surface area contributed by atoms with Gasteiger partial charge in [0.25, 0.3) is 21.8 Å². The number of fused-ring (bicyclic) bond motifs is 1. The lowest BCUT2D eigenvalue weighted by Crippen LogP contribution is -2.36. The van der Waals surface area contributed by atoms with Crippen molar-refractivity contribution < 1.29 is 22.7 Å². The topological polar surface area (TPSA) is 106 Å². The summed E-state index contributed by atoms with van der Waals surface area (Å²) >= 11 is 12.1. The minimum Gasteiger partial charge on any atom is -0.436 e. The first-order valence-electron chi connectivity index (χ1n) is 10.1. The fourth-order valence-electron chi connectivity index (χ4n) is 3.48. The number of hydrogen-bond acceptors (Lipinski definition) is 6. The average molecular weight is 520 g/mol. The van der Waals surface area contributed by atoms with E-state index in [1.54, 1.807) is 20.8 Å². The van der Waals surface area contributed by atoms with Gasteiger partial charge in [-0.05, 0) is 63.2 Å². The second kappa shape index (κ2) is 8.90. The number of benzene rings is 2. The van der Waals surface area contributed by atoms with Crippen molar-refractivity contribution in [2.24, 2.45) is 0 Å². The zero-order chi connectivity index (χ0) is 24.8. The number of hydrogen-bond donors (Lipinski definition) is 1. The number of ether oxygens (including phenoxy) is 1. The molecule has 0 aliphatic carbocycles. The monoisotopic (exact) mass is 519 g/mol. The number of carbonyl (C=O) groups is 2. The molecule has 2 aromatic carbocycles. The molecule has 3 aromatic rings. The SMILES string of the molecule is Cc1cc2c(c(Oc3cc(NS(=O)(=O)c4ccc(Cl)cc4)ccc3Cl)n1)C(=O)N(C(C)C)C2=O. The van der Waals surface area contributed by atoms with Gasteiger partial charge in [-0.3, -0.25) is 19.2 Å². The molecular formula is C23H19Cl2N3O5S. The summed E-state index contributed by atoms with van der Waals surface area (Å²) < 4.78 is 33.7. The highest BCUT2D eigenvalue weighted by Crippen LogP contribution is 2.37. The van der Waals surface area contributed by atoms with E-state index in [0.29, 0.717) is 10.7 Å². The first-order valence-corrected chi connectivity index (χ1v) is 12.4. The van der Waals surface area contributed by atoms with Crippen LogP contribution in [0.5, 0.6) is 11.6 Å². The quantitative estimate of drug-likeness (QED) is 0.443. The van der Waals surface area contributed by atoms with Crippen LogP contribution in [-0.4, -0.2) is 36.2 Å². The van der Waals surface area contributed by atoms with Gasteiger partial charge in [0.1, 0.15) is 11.3 Å². The molecule has 1 aromatic heterocycles. The zero-order valence-corrected chi connectivity index (χ0v) is 20.6. The number of sulfonamides is 1. The smallest absolute Gasteiger partial charge is 0.267 e. The minimum atomic E-state index is -3.91. The van der Waals surface area contributed by atoms with E-state index in [1.165, 1.54) is 48.5 Å². The Labute approximate surface area is 206 Å². The Kier molecular flexibility index (Phi) is 6.28. The first-order chi connectivity index (χ1) is 16.0. The molecule has 0 radical (unpaired) electrons. The molecule has 2 amide bonds. The number of carbonyl (C=O) groups excluding carboxylic acids is 2. The highest BCUT2D eigenvalue weighted by atomic mass is 35.5. The van der Waals surface area contributed by atoms with E-state index in [1.807, 2.05) is 0 Å². The van der Waals surface area contributed by atoms with Crippen LogP contribution in [0.1, 0.15) is 40.3 Å². The fourth-order valence-corrected chi connectivity index (χ4v) is 4.81. The minimum absolute atomic E-state index is 0.0189. The van der Waals surface area contributed by atoms with E-state index in [4.69, 9.17) is 27.9 Å². The molecular weight excluding hydrogens is 501 g/mol. The summed E-state index contributed by atoms with van der Waals surface area (Å²) in [5, 5.41) is 0.562. The van der Waals surface area contributed by atoms with Gasteiger partial charge in [0.2, 0.25) is 5.88 Å². The number of rotatable bonds is 6. The number of anilines is 1. The van der Waals surface area contributed by atoms with Crippen molar-refractivity contribution in [1.82, 2.24) is 9.88 Å². The first kappa shape index (κ1) is 24.0. The molecule has 34 heavy (non-hydrogen) atoms. The van der Waals surface area contributed by atoms with Crippen molar-refractivity contribution in [2.45, 2.75) is 31.7 Å². The van der Waals surface area contributed by atoms with Crippen LogP contribution in [0.2, 0.25) is 10.0 Å². The number of nitrogens with zero attached hydrogens (tertiary/aromatic N) is 2. The number of halogens is 2. The lowest BCUT2D eigenvalue weighted by molar-refractivity contribution is 0.0608. The molecule has 0 unspecified atom stereocenters. The van der Waals surface area contributed by atoms with Crippen molar-refractivity contribution in [3.63, 3.8) is 0 Å². The number of imide groups is 1. The lowest BCUT2D eigenvalue weighted by atomic mass is 10.1. The molecule has 11 heteroatoms. The van der Waals surface area contributed by atoms with Crippen LogP contribution in [0, 0.1) is 6.92 Å². The highest BCUT2D eigenvalue weighted by Gasteiger charge is 2.41. The third-order valence-corrected chi connectivity index (χ3v) is 6.99. The van der Waals surface area contributed by atoms with Crippen molar-refractivity contribution in [1.29, 1.82) is 0 Å². The predicted octanol–water partition coefficient (Wildman–Crippen LogP) is 5.29. The molecule has 0 bridgehead atoms. The van der Waals surface area contributed by atoms with Crippen LogP contribution >= 0.6 is 23.2 Å². The maximum absolute atomic E-state index is 12.9. The van der Waals surface area contributed by atoms with E-state index < -0.39 is 21.8 Å². The van der Waals surface area contributed by atoms with E-state index in [-0.39, 0.29) is 44.4 Å². The Balaban J connectivity index is 1.69. The van der Waals surface area contributed by atoms with Gasteiger partial charge in [0.05, 0.1) is 21.2 Å². The molecule has 0 fully saturated rings. The van der Waals surface area contributed by atoms with Crippen molar-refractivity contribution in [2.75, 3.05) is 4.72 Å². The van der Waals surface area contributed by atoms with Gasteiger partial charge in [-0.25, -0.2) is 13.4 Å². The molecule has 1 aliphatic heterocycles. The van der Waals surface area contributed by atoms with Gasteiger partial charge in [0.15, 0.2) is 0 Å². The molecule has 0 spiro atoms. The summed E-state index contributed by atoms with van der Waals surface area (Å²) in [6.45, 7) is 5.13. The van der Waals surface area contributed by atoms with Gasteiger partial charge < -0.3 is 4.74 Å². The molecule has 1 aliphatic rings. The Bertz CT molecular complexity index is 1420. The fraction of sp³-hybridized carbons (Fsp3) is 0.174. The number of nitrogens with one attached hydrogen (secondary N) is 1. The van der Waals surface area contributed by atoms with Crippen LogP contribution in [0.4, 0.5) is 5.69 Å². The average Bonchev–Trinajstić information content (AvgIpc) is 3.00. The molecule has 0 atom stereocenters. The standard InChI is InChI=1S/C23H19Cl2N3O5S/c1-12(2)28-22(29)17-10-13(3)26-21(20(17)23(28)30)33-19-11-15(6-9-18(19)25)27-34(31,32)16-7-4-14(24)5-8-16/h4-12,27H,1-3H3. The predicted molar refractivity (Wildman–Crippen MR) is 128 cm³/mol. The molecule has 4 rings (SSSR count). The van der Waals surface area contributed by atoms with Gasteiger partial charge in [-0.15, -0.1) is 0 Å². The zero-order valence-electron chi connectivity index (χ0n) is 18.3. The second-order valence-electron chi connectivity index (χ2n) is 7.87. The van der Waals surface area contributed by atoms with Gasteiger partial charge >= 0.3 is 0 Å². The van der Waals surface area contributed by atoms with E-state index in [9.17, 15) is 18.0 Å². The third kappa shape index (κ3) is 4.46. The normalized spacial score (nSPS) is 13.4. The Morgan fingerprint density at radius 2 is 1.68 bits per heavy atom. The van der Waals surface area contributed by atoms with Crippen LogP contribution in [0.15, 0.2) is 53.4 Å². The van der Waals surface area contributed by atoms with Crippen LogP contribution in [-0.2, 0) is 10.0 Å². The summed E-state index contributed by atoms with van der Waals surface area (Å²) in [6.07, 6.45) is 0. The van der Waals surface area contributed by atoms with Crippen LogP contribution in [0.25, 0.3) is 0 Å². The summed E-state index contributed by atoms with van der Waals surface area (Å²) in [7, 11) is -3.91. The van der Waals surface area contributed by atoms with E-state index in [0.717, 1.165) is 4.90 Å². The van der Waals surface area contributed by atoms with Crippen molar-refractivity contribution in [3.05, 3.63) is 75.4 Å². The Morgan fingerprint density at radius 3 is 2.32 bits per heavy atom. The summed E-state index contributed by atoms with van der Waals surface area (Å²) in [4.78, 5) is 31.1. The van der Waals surface area contributed by atoms with Crippen LogP contribution in [0.3, 0.4) is 0 Å². The maximum Gasteiger partial charge on any atom is 0.267 e. The summed E-state index contributed by atoms with van der Waals surface area (Å²) in [5.74, 6) is -0.980. The molecule has 176 valence electrons. The number of amides is 2. The molecule has 0 saturated carbocycles. The van der Waals surface area contributed by atoms with Gasteiger partial charge in [-0.1, -0.05) is 23.2 Å². The maximum atomic E-state index is 12.9. The van der Waals surface area contributed by atoms with E-state index in [2.05, 4.69) is 9.71 Å². The molecule has 8 nitrogen and oxygen atoms in total. The third-order valence-electron chi connectivity index (χ3n) is 5.03. The van der Waals surface area contributed by atoms with Gasteiger partial charge in [0, 0.05) is 22.8 Å². The lowest BCUT2D eigenvalue weighted by Gasteiger charge is -2.17. The molecule has 2 heterocycles. The number of aryl methyl sites for hydroxylation is 1. The second-order valence-corrected chi connectivity index (χ2v) is 10.4. The highest BCUT2D eigenvalue weighted by molar-refractivity contribution is 7.92. The van der Waals surface area contributed by atoms with E-state index >= 15 is 0 Å². The number of pyridine rings is 1. The van der Waals surface area contributed by atoms with Crippen LogP contribution < -0.4 is 9.46 Å². The van der Waals surface area contributed by atoms with Crippen molar-refractivity contribution >= 4 is 50.7 Å². The summed E-state index contributed by atoms with van der Waals surface area (Å²) in [6, 6.07) is 11.1. The largest absolute Gasteiger partial charge is 0.436 e. The van der Waals surface area contributed by atoms with Gasteiger partial charge in [-0.2, -0.15) is 0 Å². The Hall–Kier alpha value is -3.14. The molecule has 0 saturated heterocycles. The molecule has 1 N–H and O–H groups in total. The Morgan fingerprint density at radius 1 is 1.00 bits per heavy atom. The van der Waals surface area contributed by atoms with Crippen molar-refractivity contribution in [3.8, 4) is 11.6 Å². The summed E-state index contributed by atoms with van der Waals surface area (Å²) in [5.41, 5.74) is 0.866. The number of aromatic nitrogens is 1.